The first-order valence-corrected chi connectivity index (χ1v) is 6.74. The smallest absolute Gasteiger partial charge is 0.338 e. The molecule has 110 valence electrons. The van der Waals surface area contributed by atoms with Crippen molar-refractivity contribution in [1.82, 2.24) is 4.90 Å². The highest BCUT2D eigenvalue weighted by Crippen LogP contribution is 2.33. The third-order valence-corrected chi connectivity index (χ3v) is 3.62. The van der Waals surface area contributed by atoms with Crippen LogP contribution in [0.5, 0.6) is 0 Å². The van der Waals surface area contributed by atoms with E-state index in [9.17, 15) is 18.0 Å². The topological polar surface area (TPSA) is 20.3 Å². The van der Waals surface area contributed by atoms with Crippen molar-refractivity contribution in [3.8, 4) is 0 Å². The number of hydrogen-bond donors (Lipinski definition) is 0. The third kappa shape index (κ3) is 3.14. The van der Waals surface area contributed by atoms with Gasteiger partial charge in [-0.05, 0) is 30.4 Å². The number of rotatable bonds is 1. The monoisotopic (exact) mass is 285 g/mol. The second-order valence-corrected chi connectivity index (χ2v) is 5.70. The first kappa shape index (κ1) is 14.9. The summed E-state index contributed by atoms with van der Waals surface area (Å²) < 4.78 is 38.9. The number of carbonyl (C=O) groups is 1. The van der Waals surface area contributed by atoms with Crippen molar-refractivity contribution in [3.05, 3.63) is 35.4 Å². The predicted molar refractivity (Wildman–Crippen MR) is 70.3 cm³/mol. The second-order valence-electron chi connectivity index (χ2n) is 5.70. The number of nitrogens with zero attached hydrogens (tertiary/aromatic N) is 1. The largest absolute Gasteiger partial charge is 0.417 e. The molecule has 1 aromatic carbocycles. The number of amides is 1. The van der Waals surface area contributed by atoms with Gasteiger partial charge in [-0.15, -0.1) is 0 Å². The van der Waals surface area contributed by atoms with Crippen LogP contribution in [0.3, 0.4) is 0 Å². The quantitative estimate of drug-likeness (QED) is 0.768. The van der Waals surface area contributed by atoms with E-state index < -0.39 is 17.6 Å². The molecule has 1 aliphatic rings. The lowest BCUT2D eigenvalue weighted by Crippen LogP contribution is -2.43. The van der Waals surface area contributed by atoms with Crippen molar-refractivity contribution in [2.75, 3.05) is 13.1 Å². The summed E-state index contributed by atoms with van der Waals surface area (Å²) in [6.45, 7) is 5.09. The van der Waals surface area contributed by atoms with E-state index in [1.54, 1.807) is 4.90 Å². The molecular weight excluding hydrogens is 267 g/mol. The van der Waals surface area contributed by atoms with Gasteiger partial charge in [0.1, 0.15) is 0 Å². The maximum Gasteiger partial charge on any atom is 0.417 e. The van der Waals surface area contributed by atoms with Gasteiger partial charge in [-0.1, -0.05) is 26.0 Å². The molecule has 1 heterocycles. The highest BCUT2D eigenvalue weighted by atomic mass is 19.4. The molecule has 1 saturated heterocycles. The first-order valence-electron chi connectivity index (χ1n) is 6.74. The number of likely N-dealkylation sites (tertiary alicyclic amines) is 1. The molecule has 0 aliphatic carbocycles. The average molecular weight is 285 g/mol. The van der Waals surface area contributed by atoms with E-state index in [0.717, 1.165) is 12.5 Å². The third-order valence-electron chi connectivity index (χ3n) is 3.62. The van der Waals surface area contributed by atoms with Crippen LogP contribution in [0, 0.1) is 11.8 Å². The van der Waals surface area contributed by atoms with E-state index in [1.807, 2.05) is 13.8 Å². The lowest BCUT2D eigenvalue weighted by atomic mass is 9.91. The lowest BCUT2D eigenvalue weighted by molar-refractivity contribution is -0.138. The Labute approximate surface area is 116 Å². The normalized spacial score (nSPS) is 23.8. The Bertz CT molecular complexity index is 488. The molecule has 0 aromatic heterocycles. The molecule has 2 nitrogen and oxygen atoms in total. The molecule has 0 N–H and O–H groups in total. The first-order chi connectivity index (χ1) is 9.29. The summed E-state index contributed by atoms with van der Waals surface area (Å²) in [5.74, 6) is 0.123. The van der Waals surface area contributed by atoms with Gasteiger partial charge < -0.3 is 4.90 Å². The van der Waals surface area contributed by atoms with Crippen molar-refractivity contribution in [2.24, 2.45) is 11.8 Å². The minimum atomic E-state index is -4.50. The van der Waals surface area contributed by atoms with Crippen molar-refractivity contribution >= 4 is 5.91 Å². The van der Waals surface area contributed by atoms with Gasteiger partial charge in [-0.25, -0.2) is 0 Å². The Hall–Kier alpha value is -1.52. The van der Waals surface area contributed by atoms with Crippen LogP contribution in [-0.2, 0) is 6.18 Å². The van der Waals surface area contributed by atoms with Crippen LogP contribution >= 0.6 is 0 Å². The summed E-state index contributed by atoms with van der Waals surface area (Å²) in [7, 11) is 0. The average Bonchev–Trinajstić information content (AvgIpc) is 2.35. The SMILES string of the molecule is CC1CC(C)CN(C(=O)c2ccccc2C(F)(F)F)C1. The number of carbonyl (C=O) groups excluding carboxylic acids is 1. The molecule has 0 spiro atoms. The van der Waals surface area contributed by atoms with Gasteiger partial charge in [0.05, 0.1) is 11.1 Å². The number of alkyl halides is 3. The number of piperidine rings is 1. The van der Waals surface area contributed by atoms with Crippen molar-refractivity contribution in [3.63, 3.8) is 0 Å². The van der Waals surface area contributed by atoms with E-state index >= 15 is 0 Å². The zero-order valence-corrected chi connectivity index (χ0v) is 11.6. The molecule has 2 unspecified atom stereocenters. The number of hydrogen-bond acceptors (Lipinski definition) is 1. The predicted octanol–water partition coefficient (Wildman–Crippen LogP) is 3.82. The molecule has 1 aromatic rings. The Morgan fingerprint density at radius 3 is 2.25 bits per heavy atom. The van der Waals surface area contributed by atoms with Crippen molar-refractivity contribution in [1.29, 1.82) is 0 Å². The zero-order chi connectivity index (χ0) is 14.9. The second kappa shape index (κ2) is 5.46. The van der Waals surface area contributed by atoms with Crippen LogP contribution in [0.15, 0.2) is 24.3 Å². The fourth-order valence-corrected chi connectivity index (χ4v) is 2.92. The minimum absolute atomic E-state index is 0.249. The van der Waals surface area contributed by atoms with Gasteiger partial charge in [0.25, 0.3) is 5.91 Å². The van der Waals surface area contributed by atoms with E-state index in [-0.39, 0.29) is 5.56 Å². The molecule has 1 fully saturated rings. The van der Waals surface area contributed by atoms with Gasteiger partial charge in [-0.2, -0.15) is 13.2 Å². The Kier molecular flexibility index (Phi) is 4.06. The summed E-state index contributed by atoms with van der Waals surface area (Å²) >= 11 is 0. The maximum absolute atomic E-state index is 13.0. The Morgan fingerprint density at radius 1 is 1.15 bits per heavy atom. The van der Waals surface area contributed by atoms with E-state index in [1.165, 1.54) is 18.2 Å². The van der Waals surface area contributed by atoms with Crippen LogP contribution in [0.4, 0.5) is 13.2 Å². The summed E-state index contributed by atoms with van der Waals surface area (Å²) in [4.78, 5) is 13.9. The summed E-state index contributed by atoms with van der Waals surface area (Å²) in [6.07, 6.45) is -3.50. The fourth-order valence-electron chi connectivity index (χ4n) is 2.92. The molecule has 0 radical (unpaired) electrons. The van der Waals surface area contributed by atoms with Crippen LogP contribution < -0.4 is 0 Å². The van der Waals surface area contributed by atoms with Gasteiger partial charge in [0.2, 0.25) is 0 Å². The maximum atomic E-state index is 13.0. The Morgan fingerprint density at radius 2 is 1.70 bits per heavy atom. The Balaban J connectivity index is 2.30. The lowest BCUT2D eigenvalue weighted by Gasteiger charge is -2.35. The van der Waals surface area contributed by atoms with E-state index in [0.29, 0.717) is 24.9 Å². The molecule has 1 amide bonds. The molecule has 2 rings (SSSR count). The molecule has 1 aliphatic heterocycles. The van der Waals surface area contributed by atoms with E-state index in [2.05, 4.69) is 0 Å². The highest BCUT2D eigenvalue weighted by molar-refractivity contribution is 5.96. The molecule has 0 bridgehead atoms. The van der Waals surface area contributed by atoms with Crippen molar-refractivity contribution < 1.29 is 18.0 Å². The van der Waals surface area contributed by atoms with Crippen LogP contribution in [0.25, 0.3) is 0 Å². The molecule has 0 saturated carbocycles. The summed E-state index contributed by atoms with van der Waals surface area (Å²) in [6, 6.07) is 5.00. The van der Waals surface area contributed by atoms with Gasteiger partial charge in [-0.3, -0.25) is 4.79 Å². The van der Waals surface area contributed by atoms with Crippen molar-refractivity contribution in [2.45, 2.75) is 26.4 Å². The number of benzene rings is 1. The molecule has 5 heteroatoms. The summed E-state index contributed by atoms with van der Waals surface area (Å²) in [5, 5.41) is 0. The van der Waals surface area contributed by atoms with Gasteiger partial charge in [0, 0.05) is 13.1 Å². The fraction of sp³-hybridized carbons (Fsp3) is 0.533. The van der Waals surface area contributed by atoms with Crippen LogP contribution in [0.2, 0.25) is 0 Å². The molecular formula is C15H18F3NO. The van der Waals surface area contributed by atoms with E-state index in [4.69, 9.17) is 0 Å². The molecule has 2 atom stereocenters. The van der Waals surface area contributed by atoms with Gasteiger partial charge >= 0.3 is 6.18 Å². The minimum Gasteiger partial charge on any atom is -0.338 e. The zero-order valence-electron chi connectivity index (χ0n) is 11.6. The highest BCUT2D eigenvalue weighted by Gasteiger charge is 2.36. The van der Waals surface area contributed by atoms with Crippen LogP contribution in [0.1, 0.15) is 36.2 Å². The summed E-state index contributed by atoms with van der Waals surface area (Å²) in [5.41, 5.74) is -1.10. The number of halogens is 3. The molecule has 20 heavy (non-hydrogen) atoms. The standard InChI is InChI=1S/C15H18F3NO/c1-10-7-11(2)9-19(8-10)14(20)12-5-3-4-6-13(12)15(16,17)18/h3-6,10-11H,7-9H2,1-2H3. The van der Waals surface area contributed by atoms with Crippen LogP contribution in [-0.4, -0.2) is 23.9 Å². The van der Waals surface area contributed by atoms with Gasteiger partial charge in [0.15, 0.2) is 0 Å².